The lowest BCUT2D eigenvalue weighted by atomic mass is 9.96. The fourth-order valence-corrected chi connectivity index (χ4v) is 3.11. The summed E-state index contributed by atoms with van der Waals surface area (Å²) in [6.07, 6.45) is 0.446. The smallest absolute Gasteiger partial charge is 0.252 e. The number of fused-ring (bicyclic) bond motifs is 1. The first-order chi connectivity index (χ1) is 12.1. The Morgan fingerprint density at radius 1 is 1.12 bits per heavy atom. The van der Waals surface area contributed by atoms with Crippen molar-refractivity contribution in [1.29, 1.82) is 0 Å². The van der Waals surface area contributed by atoms with E-state index in [-0.39, 0.29) is 18.6 Å². The van der Waals surface area contributed by atoms with E-state index in [0.29, 0.717) is 17.7 Å². The third-order valence-electron chi connectivity index (χ3n) is 4.43. The third-order valence-corrected chi connectivity index (χ3v) is 4.43. The van der Waals surface area contributed by atoms with Crippen LogP contribution in [0.15, 0.2) is 60.7 Å². The first-order valence-electron chi connectivity index (χ1n) is 8.35. The number of aryl methyl sites for hydroxylation is 1. The number of anilines is 1. The Labute approximate surface area is 147 Å². The van der Waals surface area contributed by atoms with Gasteiger partial charge in [0.2, 0.25) is 0 Å². The summed E-state index contributed by atoms with van der Waals surface area (Å²) in [6, 6.07) is 19.1. The zero-order valence-corrected chi connectivity index (χ0v) is 14.2. The van der Waals surface area contributed by atoms with Crippen LogP contribution in [-0.4, -0.2) is 17.6 Å². The number of nitrogens with one attached hydrogen (secondary N) is 1. The average molecular weight is 334 g/mol. The summed E-state index contributed by atoms with van der Waals surface area (Å²) in [5.41, 5.74) is 8.80. The lowest BCUT2D eigenvalue weighted by Crippen LogP contribution is -2.30. The highest BCUT2D eigenvalue weighted by atomic mass is 16.3. The number of aliphatic hydroxyl groups is 1. The first kappa shape index (κ1) is 17.0. The van der Waals surface area contributed by atoms with Gasteiger partial charge in [-0.1, -0.05) is 48.5 Å². The van der Waals surface area contributed by atoms with Crippen molar-refractivity contribution in [3.05, 3.63) is 77.4 Å². The fraction of sp³-hybridized carbons (Fsp3) is 0.190. The van der Waals surface area contributed by atoms with Crippen molar-refractivity contribution in [2.75, 3.05) is 12.3 Å². The molecule has 1 amide bonds. The number of carbonyl (C=O) groups excluding carboxylic acids is 1. The number of amides is 1. The maximum atomic E-state index is 12.8. The number of rotatable bonds is 5. The summed E-state index contributed by atoms with van der Waals surface area (Å²) in [5.74, 6) is -0.184. The van der Waals surface area contributed by atoms with Gasteiger partial charge >= 0.3 is 0 Å². The zero-order valence-electron chi connectivity index (χ0n) is 14.2. The Bertz CT molecular complexity index is 900. The van der Waals surface area contributed by atoms with Crippen LogP contribution in [0.1, 0.15) is 33.9 Å². The second-order valence-electron chi connectivity index (χ2n) is 6.18. The topological polar surface area (TPSA) is 75.4 Å². The number of hydrogen-bond acceptors (Lipinski definition) is 3. The van der Waals surface area contributed by atoms with Gasteiger partial charge in [-0.05, 0) is 47.4 Å². The van der Waals surface area contributed by atoms with E-state index >= 15 is 0 Å². The molecule has 0 aliphatic rings. The quantitative estimate of drug-likeness (QED) is 0.624. The Balaban J connectivity index is 1.96. The molecule has 0 aliphatic heterocycles. The summed E-state index contributed by atoms with van der Waals surface area (Å²) in [6.45, 7) is 1.87. The minimum Gasteiger partial charge on any atom is -0.399 e. The highest BCUT2D eigenvalue weighted by Gasteiger charge is 2.18. The number of nitrogen functional groups attached to an aromatic ring is 1. The van der Waals surface area contributed by atoms with Crippen molar-refractivity contribution in [1.82, 2.24) is 5.32 Å². The van der Waals surface area contributed by atoms with E-state index < -0.39 is 0 Å². The maximum Gasteiger partial charge on any atom is 0.252 e. The Morgan fingerprint density at radius 2 is 1.88 bits per heavy atom. The Morgan fingerprint density at radius 3 is 2.68 bits per heavy atom. The van der Waals surface area contributed by atoms with Crippen LogP contribution in [0.4, 0.5) is 5.69 Å². The minimum atomic E-state index is -0.274. The van der Waals surface area contributed by atoms with Crippen LogP contribution in [0, 0.1) is 6.92 Å². The molecule has 128 valence electrons. The van der Waals surface area contributed by atoms with Crippen LogP contribution < -0.4 is 11.1 Å². The van der Waals surface area contributed by atoms with E-state index in [2.05, 4.69) is 5.32 Å². The molecule has 0 saturated carbocycles. The number of hydrogen-bond donors (Lipinski definition) is 3. The van der Waals surface area contributed by atoms with Crippen molar-refractivity contribution in [3.8, 4) is 0 Å². The van der Waals surface area contributed by atoms with Crippen LogP contribution in [0.25, 0.3) is 10.8 Å². The molecular weight excluding hydrogens is 312 g/mol. The van der Waals surface area contributed by atoms with Crippen molar-refractivity contribution in [2.45, 2.75) is 19.4 Å². The molecule has 4 heteroatoms. The molecule has 3 aromatic carbocycles. The molecule has 4 N–H and O–H groups in total. The molecule has 0 aliphatic carbocycles. The molecule has 0 unspecified atom stereocenters. The largest absolute Gasteiger partial charge is 0.399 e. The second kappa shape index (κ2) is 7.36. The zero-order chi connectivity index (χ0) is 17.8. The molecule has 3 rings (SSSR count). The van der Waals surface area contributed by atoms with Crippen molar-refractivity contribution >= 4 is 22.4 Å². The molecule has 0 fully saturated rings. The monoisotopic (exact) mass is 334 g/mol. The van der Waals surface area contributed by atoms with E-state index in [1.54, 1.807) is 12.1 Å². The van der Waals surface area contributed by atoms with Crippen molar-refractivity contribution in [2.24, 2.45) is 0 Å². The van der Waals surface area contributed by atoms with Gasteiger partial charge in [0.25, 0.3) is 5.91 Å². The SMILES string of the molecule is Cc1ccc(N)cc1C(=O)N[C@H](CCO)c1cccc2ccccc12. The van der Waals surface area contributed by atoms with E-state index in [4.69, 9.17) is 5.73 Å². The molecule has 0 aromatic heterocycles. The predicted octanol–water partition coefficient (Wildman–Crippen LogP) is 3.58. The van der Waals surface area contributed by atoms with Gasteiger partial charge in [0.15, 0.2) is 0 Å². The van der Waals surface area contributed by atoms with E-state index in [9.17, 15) is 9.90 Å². The van der Waals surface area contributed by atoms with Gasteiger partial charge in [0.05, 0.1) is 6.04 Å². The van der Waals surface area contributed by atoms with E-state index in [1.807, 2.05) is 55.5 Å². The molecule has 0 radical (unpaired) electrons. The van der Waals surface area contributed by atoms with Crippen LogP contribution in [0.5, 0.6) is 0 Å². The summed E-state index contributed by atoms with van der Waals surface area (Å²) < 4.78 is 0. The summed E-state index contributed by atoms with van der Waals surface area (Å²) in [5, 5.41) is 14.7. The van der Waals surface area contributed by atoms with E-state index in [0.717, 1.165) is 21.9 Å². The normalized spacial score (nSPS) is 12.1. The lowest BCUT2D eigenvalue weighted by Gasteiger charge is -2.21. The highest BCUT2D eigenvalue weighted by molar-refractivity contribution is 5.97. The first-order valence-corrected chi connectivity index (χ1v) is 8.35. The Kier molecular flexibility index (Phi) is 5.00. The van der Waals surface area contributed by atoms with Gasteiger partial charge in [-0.3, -0.25) is 4.79 Å². The molecule has 1 atom stereocenters. The Hall–Kier alpha value is -2.85. The standard InChI is InChI=1S/C21H22N2O2/c1-14-9-10-16(22)13-19(14)21(25)23-20(11-12-24)18-8-4-6-15-5-2-3-7-17(15)18/h2-10,13,20,24H,11-12,22H2,1H3,(H,23,25)/t20-/m1/s1. The number of nitrogens with two attached hydrogens (primary N) is 1. The molecule has 25 heavy (non-hydrogen) atoms. The van der Waals surface area contributed by atoms with Gasteiger partial charge in [0, 0.05) is 17.9 Å². The number of aliphatic hydroxyl groups excluding tert-OH is 1. The van der Waals surface area contributed by atoms with Gasteiger partial charge in [-0.2, -0.15) is 0 Å². The maximum absolute atomic E-state index is 12.8. The molecule has 0 spiro atoms. The highest BCUT2D eigenvalue weighted by Crippen LogP contribution is 2.27. The number of benzene rings is 3. The summed E-state index contributed by atoms with van der Waals surface area (Å²) >= 11 is 0. The van der Waals surface area contributed by atoms with Gasteiger partial charge < -0.3 is 16.2 Å². The molecule has 0 heterocycles. The van der Waals surface area contributed by atoms with Gasteiger partial charge in [-0.25, -0.2) is 0 Å². The predicted molar refractivity (Wildman–Crippen MR) is 101 cm³/mol. The number of carbonyl (C=O) groups is 1. The average Bonchev–Trinajstić information content (AvgIpc) is 2.63. The fourth-order valence-electron chi connectivity index (χ4n) is 3.11. The molecule has 3 aromatic rings. The van der Waals surface area contributed by atoms with E-state index in [1.165, 1.54) is 0 Å². The molecule has 0 saturated heterocycles. The van der Waals surface area contributed by atoms with Crippen LogP contribution in [0.2, 0.25) is 0 Å². The molecule has 4 nitrogen and oxygen atoms in total. The summed E-state index contributed by atoms with van der Waals surface area (Å²) in [4.78, 5) is 12.8. The van der Waals surface area contributed by atoms with Crippen molar-refractivity contribution < 1.29 is 9.90 Å². The van der Waals surface area contributed by atoms with Crippen LogP contribution in [-0.2, 0) is 0 Å². The molecule has 0 bridgehead atoms. The van der Waals surface area contributed by atoms with Crippen molar-refractivity contribution in [3.63, 3.8) is 0 Å². The molecular formula is C21H22N2O2. The summed E-state index contributed by atoms with van der Waals surface area (Å²) in [7, 11) is 0. The third kappa shape index (κ3) is 3.64. The van der Waals surface area contributed by atoms with Crippen LogP contribution in [0.3, 0.4) is 0 Å². The minimum absolute atomic E-state index is 0.00984. The lowest BCUT2D eigenvalue weighted by molar-refractivity contribution is 0.0929. The van der Waals surface area contributed by atoms with Crippen LogP contribution >= 0.6 is 0 Å². The van der Waals surface area contributed by atoms with Gasteiger partial charge in [-0.15, -0.1) is 0 Å². The second-order valence-corrected chi connectivity index (χ2v) is 6.18. The van der Waals surface area contributed by atoms with Gasteiger partial charge in [0.1, 0.15) is 0 Å².